The van der Waals surface area contributed by atoms with Crippen LogP contribution in [-0.2, 0) is 0 Å². The SMILES string of the molecule is c1ccc(N(c2cccc(-c3cccc(-c4ccc5c6ccccc6n(-c6ccc7c(c6)oc6ccccc67)c5c4)c3)c2)c2ccc3ccccc3c2)cc1. The molecule has 0 bridgehead atoms. The first-order valence-corrected chi connectivity index (χ1v) is 18.7. The number of nitrogens with zero attached hydrogens (tertiary/aromatic N) is 2. The van der Waals surface area contributed by atoms with Crippen LogP contribution in [-0.4, -0.2) is 4.57 Å². The van der Waals surface area contributed by atoms with E-state index in [-0.39, 0.29) is 0 Å². The molecule has 0 amide bonds. The van der Waals surface area contributed by atoms with E-state index in [0.29, 0.717) is 0 Å². The van der Waals surface area contributed by atoms with E-state index in [1.165, 1.54) is 43.8 Å². The first-order chi connectivity index (χ1) is 27.2. The molecule has 9 aromatic carbocycles. The molecule has 11 rings (SSSR count). The standard InChI is InChI=1S/C52H34N2O/c1-2-17-41(18-3-1)53(43-26-24-35-12-4-5-13-38(35)31-43)42-19-11-16-39(32-42)36-14-10-15-37(30-36)40-25-28-46-45-20-6-8-22-49(45)54(50(46)33-40)44-27-29-48-47-21-7-9-23-51(47)55-52(48)34-44/h1-34H. The van der Waals surface area contributed by atoms with Crippen LogP contribution >= 0.6 is 0 Å². The first-order valence-electron chi connectivity index (χ1n) is 18.7. The number of anilines is 3. The highest BCUT2D eigenvalue weighted by Gasteiger charge is 2.17. The highest BCUT2D eigenvalue weighted by atomic mass is 16.3. The Labute approximate surface area is 318 Å². The molecule has 3 nitrogen and oxygen atoms in total. The van der Waals surface area contributed by atoms with E-state index in [1.807, 2.05) is 12.1 Å². The number of furan rings is 1. The minimum absolute atomic E-state index is 0.891. The molecular weight excluding hydrogens is 669 g/mol. The quantitative estimate of drug-likeness (QED) is 0.172. The molecule has 2 heterocycles. The van der Waals surface area contributed by atoms with Gasteiger partial charge >= 0.3 is 0 Å². The topological polar surface area (TPSA) is 21.3 Å². The van der Waals surface area contributed by atoms with Crippen LogP contribution in [0.4, 0.5) is 17.1 Å². The number of fused-ring (bicyclic) bond motifs is 7. The number of rotatable bonds is 6. The molecule has 11 aromatic rings. The van der Waals surface area contributed by atoms with Crippen LogP contribution in [0.1, 0.15) is 0 Å². The van der Waals surface area contributed by atoms with Crippen molar-refractivity contribution in [2.45, 2.75) is 0 Å². The lowest BCUT2D eigenvalue weighted by Gasteiger charge is -2.26. The van der Waals surface area contributed by atoms with Crippen LogP contribution in [0.5, 0.6) is 0 Å². The lowest BCUT2D eigenvalue weighted by molar-refractivity contribution is 0.668. The minimum Gasteiger partial charge on any atom is -0.456 e. The largest absolute Gasteiger partial charge is 0.456 e. The second-order valence-electron chi connectivity index (χ2n) is 14.2. The molecule has 0 spiro atoms. The number of aromatic nitrogens is 1. The third kappa shape index (κ3) is 5.28. The Bertz CT molecular complexity index is 3220. The molecule has 55 heavy (non-hydrogen) atoms. The van der Waals surface area contributed by atoms with Crippen molar-refractivity contribution in [1.82, 2.24) is 4.57 Å². The Kier molecular flexibility index (Phi) is 7.17. The average Bonchev–Trinajstić information content (AvgIpc) is 3.79. The Morgan fingerprint density at radius 1 is 0.327 bits per heavy atom. The van der Waals surface area contributed by atoms with Crippen molar-refractivity contribution in [3.63, 3.8) is 0 Å². The van der Waals surface area contributed by atoms with Crippen LogP contribution in [0.3, 0.4) is 0 Å². The summed E-state index contributed by atoms with van der Waals surface area (Å²) < 4.78 is 8.71. The summed E-state index contributed by atoms with van der Waals surface area (Å²) in [6.45, 7) is 0. The maximum absolute atomic E-state index is 6.34. The number of hydrogen-bond acceptors (Lipinski definition) is 2. The average molecular weight is 703 g/mol. The van der Waals surface area contributed by atoms with Crippen LogP contribution in [0, 0.1) is 0 Å². The van der Waals surface area contributed by atoms with Gasteiger partial charge in [-0.15, -0.1) is 0 Å². The van der Waals surface area contributed by atoms with E-state index in [2.05, 4.69) is 204 Å². The van der Waals surface area contributed by atoms with Crippen molar-refractivity contribution in [2.24, 2.45) is 0 Å². The van der Waals surface area contributed by atoms with E-state index in [1.54, 1.807) is 0 Å². The normalized spacial score (nSPS) is 11.6. The fraction of sp³-hybridized carbons (Fsp3) is 0. The molecule has 0 fully saturated rings. The highest BCUT2D eigenvalue weighted by Crippen LogP contribution is 2.40. The van der Waals surface area contributed by atoms with Gasteiger partial charge in [-0.25, -0.2) is 0 Å². The van der Waals surface area contributed by atoms with Crippen LogP contribution in [0.15, 0.2) is 211 Å². The molecule has 0 aliphatic heterocycles. The van der Waals surface area contributed by atoms with Crippen molar-refractivity contribution in [1.29, 1.82) is 0 Å². The lowest BCUT2D eigenvalue weighted by atomic mass is 9.97. The van der Waals surface area contributed by atoms with Gasteiger partial charge in [0.25, 0.3) is 0 Å². The van der Waals surface area contributed by atoms with Crippen molar-refractivity contribution in [2.75, 3.05) is 4.90 Å². The van der Waals surface area contributed by atoms with Gasteiger partial charge in [0.2, 0.25) is 0 Å². The first kappa shape index (κ1) is 31.2. The summed E-state index contributed by atoms with van der Waals surface area (Å²) in [6.07, 6.45) is 0. The van der Waals surface area contributed by atoms with Crippen molar-refractivity contribution in [3.8, 4) is 27.9 Å². The Hall–Kier alpha value is -7.36. The predicted octanol–water partition coefficient (Wildman–Crippen LogP) is 14.6. The zero-order valence-corrected chi connectivity index (χ0v) is 29.9. The van der Waals surface area contributed by atoms with Crippen LogP contribution < -0.4 is 4.90 Å². The van der Waals surface area contributed by atoms with E-state index in [9.17, 15) is 0 Å². The lowest BCUT2D eigenvalue weighted by Crippen LogP contribution is -2.09. The zero-order valence-electron chi connectivity index (χ0n) is 29.9. The summed E-state index contributed by atoms with van der Waals surface area (Å²) >= 11 is 0. The molecule has 0 N–H and O–H groups in total. The molecule has 0 saturated carbocycles. The summed E-state index contributed by atoms with van der Waals surface area (Å²) in [4.78, 5) is 2.34. The van der Waals surface area contributed by atoms with Crippen molar-refractivity contribution >= 4 is 71.6 Å². The van der Waals surface area contributed by atoms with Gasteiger partial charge in [-0.2, -0.15) is 0 Å². The number of hydrogen-bond donors (Lipinski definition) is 0. The molecule has 0 saturated heterocycles. The molecule has 0 aliphatic rings. The Morgan fingerprint density at radius 3 is 1.82 bits per heavy atom. The van der Waals surface area contributed by atoms with Gasteiger partial charge in [0.1, 0.15) is 11.2 Å². The van der Waals surface area contributed by atoms with Gasteiger partial charge in [-0.05, 0) is 106 Å². The van der Waals surface area contributed by atoms with E-state index < -0.39 is 0 Å². The summed E-state index contributed by atoms with van der Waals surface area (Å²) in [5.74, 6) is 0. The van der Waals surface area contributed by atoms with E-state index in [4.69, 9.17) is 4.42 Å². The van der Waals surface area contributed by atoms with Gasteiger partial charge < -0.3 is 13.9 Å². The van der Waals surface area contributed by atoms with E-state index >= 15 is 0 Å². The van der Waals surface area contributed by atoms with E-state index in [0.717, 1.165) is 55.8 Å². The summed E-state index contributed by atoms with van der Waals surface area (Å²) in [6, 6.07) is 74.0. The zero-order chi connectivity index (χ0) is 36.3. The van der Waals surface area contributed by atoms with Gasteiger partial charge in [-0.1, -0.05) is 127 Å². The van der Waals surface area contributed by atoms with Gasteiger partial charge in [0.15, 0.2) is 0 Å². The maximum atomic E-state index is 6.34. The van der Waals surface area contributed by atoms with Crippen molar-refractivity contribution in [3.05, 3.63) is 206 Å². The van der Waals surface area contributed by atoms with Crippen LogP contribution in [0.2, 0.25) is 0 Å². The summed E-state index contributed by atoms with van der Waals surface area (Å²) in [5.41, 5.74) is 13.2. The monoisotopic (exact) mass is 702 g/mol. The number of benzene rings is 9. The second kappa shape index (κ2) is 12.6. The highest BCUT2D eigenvalue weighted by molar-refractivity contribution is 6.11. The van der Waals surface area contributed by atoms with Crippen molar-refractivity contribution < 1.29 is 4.42 Å². The molecule has 0 radical (unpaired) electrons. The predicted molar refractivity (Wildman–Crippen MR) is 231 cm³/mol. The molecular formula is C52H34N2O. The fourth-order valence-corrected chi connectivity index (χ4v) is 8.32. The molecule has 0 aliphatic carbocycles. The molecule has 0 unspecified atom stereocenters. The van der Waals surface area contributed by atoms with Gasteiger partial charge in [-0.3, -0.25) is 0 Å². The number of para-hydroxylation sites is 3. The molecule has 2 aromatic heterocycles. The second-order valence-corrected chi connectivity index (χ2v) is 14.2. The Morgan fingerprint density at radius 2 is 0.945 bits per heavy atom. The molecule has 0 atom stereocenters. The maximum Gasteiger partial charge on any atom is 0.137 e. The summed E-state index contributed by atoms with van der Waals surface area (Å²) in [5, 5.41) is 7.18. The third-order valence-electron chi connectivity index (χ3n) is 10.9. The smallest absolute Gasteiger partial charge is 0.137 e. The fourth-order valence-electron chi connectivity index (χ4n) is 8.32. The third-order valence-corrected chi connectivity index (χ3v) is 10.9. The summed E-state index contributed by atoms with van der Waals surface area (Å²) in [7, 11) is 0. The van der Waals surface area contributed by atoms with Gasteiger partial charge in [0, 0.05) is 50.4 Å². The molecule has 258 valence electrons. The molecule has 3 heteroatoms. The van der Waals surface area contributed by atoms with Crippen LogP contribution in [0.25, 0.3) is 82.5 Å². The van der Waals surface area contributed by atoms with Gasteiger partial charge in [0.05, 0.1) is 11.0 Å². The minimum atomic E-state index is 0.891. The Balaban J connectivity index is 1.01.